The van der Waals surface area contributed by atoms with Gasteiger partial charge in [-0.1, -0.05) is 12.1 Å². The molecule has 1 fully saturated rings. The van der Waals surface area contributed by atoms with Gasteiger partial charge in [-0.25, -0.2) is 13.4 Å². The van der Waals surface area contributed by atoms with Crippen molar-refractivity contribution in [1.29, 1.82) is 0 Å². The van der Waals surface area contributed by atoms with Gasteiger partial charge in [0.25, 0.3) is 15.9 Å². The van der Waals surface area contributed by atoms with Gasteiger partial charge >= 0.3 is 0 Å². The number of hydrogen-bond donors (Lipinski definition) is 2. The van der Waals surface area contributed by atoms with Crippen LogP contribution in [0.25, 0.3) is 11.0 Å². The number of nitrogens with one attached hydrogen (secondary N) is 2. The average molecular weight is 597 g/mol. The number of fused-ring (bicyclic) bond motifs is 1. The lowest BCUT2D eigenvalue weighted by molar-refractivity contribution is -0.128. The fourth-order valence-corrected chi connectivity index (χ4v) is 6.71. The standard InChI is InChI=1S/C28H28N4O7S2/c1-38-19-9-10-24-18(14-19)15-25(39-24)28(35)31-22(16-20-6-5-13-40-20)27(34)30-21-7-4-12-32(17-23(21)33)41(36,37)26-8-2-3-11-29-26/h2-3,5-6,8-11,13-15,21-22H,4,7,12,16-17H2,1H3,(H,30,34)(H,31,35)/t21?,22-/m0/s1. The van der Waals surface area contributed by atoms with Crippen LogP contribution in [0.5, 0.6) is 5.75 Å². The number of methoxy groups -OCH3 is 1. The first-order chi connectivity index (χ1) is 19.7. The monoisotopic (exact) mass is 596 g/mol. The Hall–Kier alpha value is -4.07. The third-order valence-corrected chi connectivity index (χ3v) is 9.39. The van der Waals surface area contributed by atoms with Crippen molar-refractivity contribution in [1.82, 2.24) is 19.9 Å². The van der Waals surface area contributed by atoms with E-state index in [9.17, 15) is 22.8 Å². The Bertz CT molecular complexity index is 1650. The molecule has 11 nitrogen and oxygen atoms in total. The summed E-state index contributed by atoms with van der Waals surface area (Å²) in [7, 11) is -2.43. The Morgan fingerprint density at radius 3 is 2.78 bits per heavy atom. The molecular formula is C28H28N4O7S2. The van der Waals surface area contributed by atoms with Crippen LogP contribution in [0.1, 0.15) is 28.3 Å². The van der Waals surface area contributed by atoms with E-state index in [0.29, 0.717) is 23.1 Å². The molecule has 1 aromatic carbocycles. The lowest BCUT2D eigenvalue weighted by atomic mass is 10.1. The van der Waals surface area contributed by atoms with Crippen molar-refractivity contribution in [2.24, 2.45) is 0 Å². The number of aromatic nitrogens is 1. The SMILES string of the molecule is COc1ccc2oc(C(=O)N[C@@H](Cc3cccs3)C(=O)NC3CCCN(S(=O)(=O)c4ccccn4)CC3=O)cc2c1. The Labute approximate surface area is 240 Å². The van der Waals surface area contributed by atoms with Crippen molar-refractivity contribution in [3.05, 3.63) is 76.8 Å². The van der Waals surface area contributed by atoms with Crippen molar-refractivity contribution >= 4 is 49.9 Å². The number of sulfonamides is 1. The molecule has 214 valence electrons. The maximum absolute atomic E-state index is 13.5. The summed E-state index contributed by atoms with van der Waals surface area (Å²) >= 11 is 1.44. The van der Waals surface area contributed by atoms with Crippen LogP contribution >= 0.6 is 11.3 Å². The maximum atomic E-state index is 13.5. The summed E-state index contributed by atoms with van der Waals surface area (Å²) in [4.78, 5) is 44.5. The highest BCUT2D eigenvalue weighted by Gasteiger charge is 2.35. The van der Waals surface area contributed by atoms with Gasteiger partial charge in [-0.3, -0.25) is 14.4 Å². The number of carbonyl (C=O) groups excluding carboxylic acids is 3. The Balaban J connectivity index is 1.30. The molecule has 5 rings (SSSR count). The second kappa shape index (κ2) is 12.2. The highest BCUT2D eigenvalue weighted by atomic mass is 32.2. The van der Waals surface area contributed by atoms with Gasteiger partial charge in [0.1, 0.15) is 17.4 Å². The number of rotatable bonds is 9. The topological polar surface area (TPSA) is 148 Å². The minimum atomic E-state index is -3.97. The number of nitrogens with zero attached hydrogens (tertiary/aromatic N) is 2. The van der Waals surface area contributed by atoms with Gasteiger partial charge in [-0.15, -0.1) is 11.3 Å². The Kier molecular flexibility index (Phi) is 8.47. The largest absolute Gasteiger partial charge is 0.497 e. The number of Topliss-reactive ketones (excluding diaryl/α,β-unsaturated/α-hetero) is 1. The van der Waals surface area contributed by atoms with Crippen LogP contribution in [0.2, 0.25) is 0 Å². The smallest absolute Gasteiger partial charge is 0.287 e. The van der Waals surface area contributed by atoms with Crippen molar-refractivity contribution < 1.29 is 32.0 Å². The van der Waals surface area contributed by atoms with Crippen molar-refractivity contribution in [3.8, 4) is 5.75 Å². The van der Waals surface area contributed by atoms with Crippen LogP contribution in [-0.4, -0.2) is 67.6 Å². The quantitative estimate of drug-likeness (QED) is 0.300. The molecule has 0 saturated carbocycles. The van der Waals surface area contributed by atoms with E-state index in [0.717, 1.165) is 9.18 Å². The predicted octanol–water partition coefficient (Wildman–Crippen LogP) is 2.78. The summed E-state index contributed by atoms with van der Waals surface area (Å²) in [6.07, 6.45) is 2.18. The van der Waals surface area contributed by atoms with E-state index >= 15 is 0 Å². The fraction of sp³-hybridized carbons (Fsp3) is 0.286. The van der Waals surface area contributed by atoms with Crippen LogP contribution in [0.15, 0.2) is 75.6 Å². The fourth-order valence-electron chi connectivity index (χ4n) is 4.59. The normalized spacial score (nSPS) is 17.1. The highest BCUT2D eigenvalue weighted by molar-refractivity contribution is 7.89. The number of amides is 2. The molecule has 1 aliphatic rings. The zero-order valence-corrected chi connectivity index (χ0v) is 23.7. The number of hydrogen-bond acceptors (Lipinski definition) is 9. The van der Waals surface area contributed by atoms with E-state index in [1.165, 1.54) is 23.6 Å². The third kappa shape index (κ3) is 6.47. The molecule has 2 atom stereocenters. The number of ether oxygens (including phenoxy) is 1. The van der Waals surface area contributed by atoms with Crippen molar-refractivity contribution in [2.45, 2.75) is 36.4 Å². The van der Waals surface area contributed by atoms with Crippen LogP contribution in [0.4, 0.5) is 0 Å². The summed E-state index contributed by atoms with van der Waals surface area (Å²) < 4.78 is 38.0. The molecule has 13 heteroatoms. The number of benzene rings is 1. The molecule has 1 unspecified atom stereocenters. The minimum Gasteiger partial charge on any atom is -0.497 e. The van der Waals surface area contributed by atoms with Crippen LogP contribution < -0.4 is 15.4 Å². The predicted molar refractivity (Wildman–Crippen MR) is 151 cm³/mol. The molecule has 2 N–H and O–H groups in total. The molecule has 0 bridgehead atoms. The summed E-state index contributed by atoms with van der Waals surface area (Å²) in [6.45, 7) is -0.280. The van der Waals surface area contributed by atoms with Gasteiger partial charge in [-0.05, 0) is 60.7 Å². The zero-order chi connectivity index (χ0) is 29.0. The zero-order valence-electron chi connectivity index (χ0n) is 22.1. The molecule has 41 heavy (non-hydrogen) atoms. The highest BCUT2D eigenvalue weighted by Crippen LogP contribution is 2.24. The molecule has 4 heterocycles. The second-order valence-electron chi connectivity index (χ2n) is 9.50. The van der Waals surface area contributed by atoms with E-state index < -0.39 is 46.2 Å². The van der Waals surface area contributed by atoms with E-state index in [4.69, 9.17) is 9.15 Å². The van der Waals surface area contributed by atoms with Gasteiger partial charge in [0, 0.05) is 29.4 Å². The second-order valence-corrected chi connectivity index (χ2v) is 12.4. The maximum Gasteiger partial charge on any atom is 0.287 e. The molecule has 0 spiro atoms. The van der Waals surface area contributed by atoms with Crippen molar-refractivity contribution in [2.75, 3.05) is 20.2 Å². The summed E-state index contributed by atoms with van der Waals surface area (Å²) in [5.74, 6) is -0.943. The first-order valence-corrected chi connectivity index (χ1v) is 15.2. The molecule has 1 aliphatic heterocycles. The summed E-state index contributed by atoms with van der Waals surface area (Å²) in [6, 6.07) is 13.0. The van der Waals surface area contributed by atoms with Crippen LogP contribution in [0.3, 0.4) is 0 Å². The minimum absolute atomic E-state index is 0.0261. The van der Waals surface area contributed by atoms with Gasteiger partial charge in [-0.2, -0.15) is 4.31 Å². The average Bonchev–Trinajstić information content (AvgIpc) is 3.61. The first kappa shape index (κ1) is 28.5. The number of ketones is 1. The lowest BCUT2D eigenvalue weighted by Crippen LogP contribution is -2.53. The molecule has 0 aliphatic carbocycles. The molecule has 4 aromatic rings. The molecule has 3 aromatic heterocycles. The Morgan fingerprint density at radius 1 is 1.20 bits per heavy atom. The van der Waals surface area contributed by atoms with Gasteiger partial charge in [0.15, 0.2) is 16.6 Å². The molecule has 2 amide bonds. The van der Waals surface area contributed by atoms with E-state index in [1.807, 2.05) is 17.5 Å². The van der Waals surface area contributed by atoms with Crippen LogP contribution in [0, 0.1) is 0 Å². The van der Waals surface area contributed by atoms with Crippen LogP contribution in [-0.2, 0) is 26.0 Å². The molecule has 0 radical (unpaired) electrons. The summed E-state index contributed by atoms with van der Waals surface area (Å²) in [5, 5.41) is 7.88. The summed E-state index contributed by atoms with van der Waals surface area (Å²) in [5.41, 5.74) is 0.490. The van der Waals surface area contributed by atoms with Gasteiger partial charge in [0.05, 0.1) is 19.7 Å². The van der Waals surface area contributed by atoms with E-state index in [-0.39, 0.29) is 30.2 Å². The Morgan fingerprint density at radius 2 is 2.05 bits per heavy atom. The number of pyridine rings is 1. The lowest BCUT2D eigenvalue weighted by Gasteiger charge is -2.22. The van der Waals surface area contributed by atoms with Gasteiger partial charge < -0.3 is 19.8 Å². The number of carbonyl (C=O) groups is 3. The molecule has 1 saturated heterocycles. The van der Waals surface area contributed by atoms with Gasteiger partial charge in [0.2, 0.25) is 5.91 Å². The van der Waals surface area contributed by atoms with E-state index in [1.54, 1.807) is 43.5 Å². The van der Waals surface area contributed by atoms with Crippen molar-refractivity contribution in [3.63, 3.8) is 0 Å². The number of furan rings is 1. The number of thiophene rings is 1. The first-order valence-electron chi connectivity index (χ1n) is 12.9. The third-order valence-electron chi connectivity index (χ3n) is 6.73. The van der Waals surface area contributed by atoms with E-state index in [2.05, 4.69) is 15.6 Å². The molecular weight excluding hydrogens is 568 g/mol.